The molecule has 0 aliphatic heterocycles. The summed E-state index contributed by atoms with van der Waals surface area (Å²) in [6.45, 7) is 2.64. The van der Waals surface area contributed by atoms with E-state index >= 15 is 0 Å². The lowest BCUT2D eigenvalue weighted by atomic mass is 10.1. The fraction of sp³-hybridized carbons (Fsp3) is 0.389. The van der Waals surface area contributed by atoms with E-state index in [1.54, 1.807) is 16.8 Å². The molecule has 0 bridgehead atoms. The number of aryl methyl sites for hydroxylation is 2. The number of furan rings is 1. The topological polar surface area (TPSA) is 112 Å². The van der Waals surface area contributed by atoms with Gasteiger partial charge in [-0.15, -0.1) is 16.4 Å². The third-order valence-corrected chi connectivity index (χ3v) is 5.68. The Hall–Kier alpha value is -3.01. The lowest BCUT2D eigenvalue weighted by molar-refractivity contribution is 0.0457. The fourth-order valence-electron chi connectivity index (χ4n) is 3.20. The number of fused-ring (bicyclic) bond motifs is 1. The number of hydrogen-bond acceptors (Lipinski definition) is 8. The van der Waals surface area contributed by atoms with Gasteiger partial charge in [0.25, 0.3) is 5.91 Å². The third kappa shape index (κ3) is 3.55. The molecule has 1 N–H and O–H groups in total. The van der Waals surface area contributed by atoms with Gasteiger partial charge < -0.3 is 14.5 Å². The average Bonchev–Trinajstić information content (AvgIpc) is 3.44. The van der Waals surface area contributed by atoms with E-state index in [4.69, 9.17) is 9.15 Å². The zero-order chi connectivity index (χ0) is 19.5. The standard InChI is InChI=1S/C18H19N5O4S/c1-2-8-23-14(20-21-22-23)10-27-18(25)15-11-5-3-7-13(11)28-17(15)19-16(24)12-6-4-9-26-12/h4,6,9H,2-3,5,7-8,10H2,1H3,(H,19,24). The van der Waals surface area contributed by atoms with Crippen LogP contribution in [-0.2, 0) is 30.7 Å². The predicted octanol–water partition coefficient (Wildman–Crippen LogP) is 2.84. The molecule has 1 amide bonds. The number of esters is 1. The first-order valence-corrected chi connectivity index (χ1v) is 9.90. The largest absolute Gasteiger partial charge is 0.459 e. The number of ether oxygens (including phenoxy) is 1. The maximum absolute atomic E-state index is 12.9. The summed E-state index contributed by atoms with van der Waals surface area (Å²) in [5.74, 6) is -0.207. The Morgan fingerprint density at radius 2 is 2.29 bits per heavy atom. The molecule has 3 aromatic heterocycles. The SMILES string of the molecule is CCCn1nnnc1COC(=O)c1c(NC(=O)c2ccco2)sc2c1CCC2. The van der Waals surface area contributed by atoms with E-state index in [9.17, 15) is 9.59 Å². The molecular formula is C18H19N5O4S. The third-order valence-electron chi connectivity index (χ3n) is 4.47. The Bertz CT molecular complexity index is 992. The van der Waals surface area contributed by atoms with Crippen molar-refractivity contribution >= 4 is 28.2 Å². The molecule has 4 rings (SSSR count). The summed E-state index contributed by atoms with van der Waals surface area (Å²) < 4.78 is 12.2. The van der Waals surface area contributed by atoms with Crippen LogP contribution in [0.2, 0.25) is 0 Å². The number of nitrogens with zero attached hydrogens (tertiary/aromatic N) is 4. The second kappa shape index (κ2) is 7.93. The molecule has 1 aliphatic rings. The number of rotatable bonds is 7. The van der Waals surface area contributed by atoms with Gasteiger partial charge in [0.2, 0.25) is 0 Å². The van der Waals surface area contributed by atoms with Crippen molar-refractivity contribution in [2.45, 2.75) is 45.8 Å². The molecule has 3 aromatic rings. The summed E-state index contributed by atoms with van der Waals surface area (Å²) in [5, 5.41) is 14.7. The minimum Gasteiger partial charge on any atom is -0.459 e. The highest BCUT2D eigenvalue weighted by atomic mass is 32.1. The monoisotopic (exact) mass is 401 g/mol. The summed E-state index contributed by atoms with van der Waals surface area (Å²) in [4.78, 5) is 26.3. The molecule has 0 saturated heterocycles. The number of amides is 1. The van der Waals surface area contributed by atoms with E-state index in [1.807, 2.05) is 6.92 Å². The molecule has 146 valence electrons. The second-order valence-electron chi connectivity index (χ2n) is 6.39. The highest BCUT2D eigenvalue weighted by molar-refractivity contribution is 7.17. The summed E-state index contributed by atoms with van der Waals surface area (Å²) in [7, 11) is 0. The normalized spacial score (nSPS) is 12.8. The highest BCUT2D eigenvalue weighted by Crippen LogP contribution is 2.39. The molecule has 28 heavy (non-hydrogen) atoms. The molecule has 0 radical (unpaired) electrons. The van der Waals surface area contributed by atoms with Gasteiger partial charge in [0.1, 0.15) is 5.00 Å². The summed E-state index contributed by atoms with van der Waals surface area (Å²) in [6.07, 6.45) is 4.97. The van der Waals surface area contributed by atoms with Crippen molar-refractivity contribution < 1.29 is 18.7 Å². The first kappa shape index (κ1) is 18.4. The van der Waals surface area contributed by atoms with Crippen LogP contribution in [0.3, 0.4) is 0 Å². The molecule has 10 heteroatoms. The Labute approximate surface area is 164 Å². The summed E-state index contributed by atoms with van der Waals surface area (Å²) in [6, 6.07) is 3.21. The second-order valence-corrected chi connectivity index (χ2v) is 7.49. The highest BCUT2D eigenvalue weighted by Gasteiger charge is 2.29. The van der Waals surface area contributed by atoms with Gasteiger partial charge in [-0.1, -0.05) is 6.92 Å². The number of nitrogens with one attached hydrogen (secondary N) is 1. The van der Waals surface area contributed by atoms with Crippen molar-refractivity contribution in [3.05, 3.63) is 46.0 Å². The Morgan fingerprint density at radius 3 is 3.07 bits per heavy atom. The first-order valence-electron chi connectivity index (χ1n) is 9.09. The van der Waals surface area contributed by atoms with Crippen molar-refractivity contribution in [1.29, 1.82) is 0 Å². The van der Waals surface area contributed by atoms with Crippen LogP contribution in [0.1, 0.15) is 56.9 Å². The maximum Gasteiger partial charge on any atom is 0.341 e. The van der Waals surface area contributed by atoms with E-state index in [0.717, 1.165) is 36.1 Å². The zero-order valence-electron chi connectivity index (χ0n) is 15.3. The average molecular weight is 401 g/mol. The lowest BCUT2D eigenvalue weighted by Gasteiger charge is -2.08. The smallest absolute Gasteiger partial charge is 0.341 e. The Morgan fingerprint density at radius 1 is 1.39 bits per heavy atom. The number of carbonyl (C=O) groups is 2. The van der Waals surface area contributed by atoms with Gasteiger partial charge in [0.05, 0.1) is 11.8 Å². The molecule has 0 saturated carbocycles. The molecule has 0 spiro atoms. The molecule has 0 atom stereocenters. The first-order chi connectivity index (χ1) is 13.7. The van der Waals surface area contributed by atoms with Crippen LogP contribution >= 0.6 is 11.3 Å². The number of anilines is 1. The molecule has 0 fully saturated rings. The zero-order valence-corrected chi connectivity index (χ0v) is 16.1. The van der Waals surface area contributed by atoms with Crippen molar-refractivity contribution in [1.82, 2.24) is 20.2 Å². The van der Waals surface area contributed by atoms with Gasteiger partial charge >= 0.3 is 5.97 Å². The number of hydrogen-bond donors (Lipinski definition) is 1. The van der Waals surface area contributed by atoms with Crippen molar-refractivity contribution in [3.63, 3.8) is 0 Å². The van der Waals surface area contributed by atoms with Gasteiger partial charge in [-0.3, -0.25) is 4.79 Å². The van der Waals surface area contributed by atoms with Crippen LogP contribution in [0.15, 0.2) is 22.8 Å². The van der Waals surface area contributed by atoms with Crippen molar-refractivity contribution in [2.75, 3.05) is 5.32 Å². The van der Waals surface area contributed by atoms with Crippen LogP contribution in [0.5, 0.6) is 0 Å². The van der Waals surface area contributed by atoms with Crippen LogP contribution in [0, 0.1) is 0 Å². The van der Waals surface area contributed by atoms with Gasteiger partial charge in [-0.05, 0) is 53.8 Å². The summed E-state index contributed by atoms with van der Waals surface area (Å²) in [5.41, 5.74) is 1.38. The minimum atomic E-state index is -0.486. The number of tetrazole rings is 1. The molecule has 0 unspecified atom stereocenters. The van der Waals surface area contributed by atoms with E-state index in [0.29, 0.717) is 22.9 Å². The van der Waals surface area contributed by atoms with Crippen LogP contribution in [-0.4, -0.2) is 32.1 Å². The lowest BCUT2D eigenvalue weighted by Crippen LogP contribution is -2.15. The molecule has 1 aliphatic carbocycles. The van der Waals surface area contributed by atoms with Crippen molar-refractivity contribution in [3.8, 4) is 0 Å². The molecule has 9 nitrogen and oxygen atoms in total. The fourth-order valence-corrected chi connectivity index (χ4v) is 4.47. The molecule has 3 heterocycles. The molecular weight excluding hydrogens is 382 g/mol. The van der Waals surface area contributed by atoms with Gasteiger partial charge in [-0.2, -0.15) is 0 Å². The van der Waals surface area contributed by atoms with Crippen LogP contribution < -0.4 is 5.32 Å². The Balaban J connectivity index is 1.53. The summed E-state index contributed by atoms with van der Waals surface area (Å²) >= 11 is 1.42. The van der Waals surface area contributed by atoms with Gasteiger partial charge in [0, 0.05) is 11.4 Å². The van der Waals surface area contributed by atoms with Gasteiger partial charge in [0.15, 0.2) is 18.2 Å². The number of carbonyl (C=O) groups excluding carboxylic acids is 2. The van der Waals surface area contributed by atoms with E-state index in [2.05, 4.69) is 20.8 Å². The van der Waals surface area contributed by atoms with E-state index < -0.39 is 11.9 Å². The van der Waals surface area contributed by atoms with E-state index in [-0.39, 0.29) is 12.4 Å². The van der Waals surface area contributed by atoms with Crippen molar-refractivity contribution in [2.24, 2.45) is 0 Å². The quantitative estimate of drug-likeness (QED) is 0.606. The minimum absolute atomic E-state index is 0.0258. The number of thiophene rings is 1. The number of aromatic nitrogens is 4. The molecule has 0 aromatic carbocycles. The maximum atomic E-state index is 12.9. The van der Waals surface area contributed by atoms with Gasteiger partial charge in [-0.25, -0.2) is 9.48 Å². The Kier molecular flexibility index (Phi) is 5.20. The van der Waals surface area contributed by atoms with E-state index in [1.165, 1.54) is 17.6 Å². The predicted molar refractivity (Wildman–Crippen MR) is 100 cm³/mol. The van der Waals surface area contributed by atoms with Crippen LogP contribution in [0.4, 0.5) is 5.00 Å². The van der Waals surface area contributed by atoms with Crippen LogP contribution in [0.25, 0.3) is 0 Å².